The van der Waals surface area contributed by atoms with E-state index in [1.807, 2.05) is 27.7 Å². The van der Waals surface area contributed by atoms with Crippen molar-refractivity contribution in [1.29, 1.82) is 0 Å². The van der Waals surface area contributed by atoms with Gasteiger partial charge < -0.3 is 9.47 Å². The van der Waals surface area contributed by atoms with E-state index in [0.717, 1.165) is 19.3 Å². The molecule has 0 fully saturated rings. The minimum atomic E-state index is -0.505. The summed E-state index contributed by atoms with van der Waals surface area (Å²) in [7, 11) is 0. The second-order valence-corrected chi connectivity index (χ2v) is 4.56. The zero-order valence-corrected chi connectivity index (χ0v) is 11.3. The molecule has 0 aromatic carbocycles. The largest absolute Gasteiger partial charge is 0.465 e. The van der Waals surface area contributed by atoms with Crippen molar-refractivity contribution in [1.82, 2.24) is 0 Å². The first-order valence-electron chi connectivity index (χ1n) is 6.34. The van der Waals surface area contributed by atoms with Gasteiger partial charge in [0.2, 0.25) is 0 Å². The molecule has 0 bridgehead atoms. The van der Waals surface area contributed by atoms with Gasteiger partial charge in [0.05, 0.1) is 6.61 Å². The first-order chi connectivity index (χ1) is 7.99. The van der Waals surface area contributed by atoms with Gasteiger partial charge in [-0.05, 0) is 18.8 Å². The van der Waals surface area contributed by atoms with Crippen molar-refractivity contribution in [2.24, 2.45) is 5.92 Å². The third kappa shape index (κ3) is 8.72. The number of carbonyl (C=O) groups is 2. The highest BCUT2D eigenvalue weighted by atomic mass is 16.6. The fraction of sp³-hybridized carbons (Fsp3) is 0.846. The molecular formula is C13H24O4. The van der Waals surface area contributed by atoms with Gasteiger partial charge in [-0.3, -0.25) is 9.59 Å². The Bertz CT molecular complexity index is 236. The van der Waals surface area contributed by atoms with E-state index in [1.165, 1.54) is 0 Å². The Hall–Kier alpha value is -1.06. The lowest BCUT2D eigenvalue weighted by atomic mass is 10.1. The molecule has 1 atom stereocenters. The number of carbonyl (C=O) groups excluding carboxylic acids is 2. The Labute approximate surface area is 104 Å². The minimum absolute atomic E-state index is 0.0783. The summed E-state index contributed by atoms with van der Waals surface area (Å²) in [4.78, 5) is 22.7. The van der Waals surface area contributed by atoms with E-state index in [9.17, 15) is 9.59 Å². The van der Waals surface area contributed by atoms with Crippen molar-refractivity contribution in [3.05, 3.63) is 0 Å². The average Bonchev–Trinajstić information content (AvgIpc) is 2.25. The third-order valence-electron chi connectivity index (χ3n) is 2.23. The van der Waals surface area contributed by atoms with E-state index in [0.29, 0.717) is 6.61 Å². The van der Waals surface area contributed by atoms with Gasteiger partial charge in [-0.15, -0.1) is 0 Å². The molecule has 0 radical (unpaired) electrons. The van der Waals surface area contributed by atoms with Crippen molar-refractivity contribution >= 4 is 11.9 Å². The molecule has 0 aliphatic rings. The zero-order chi connectivity index (χ0) is 13.3. The third-order valence-corrected chi connectivity index (χ3v) is 2.23. The van der Waals surface area contributed by atoms with Crippen molar-refractivity contribution in [3.8, 4) is 0 Å². The van der Waals surface area contributed by atoms with Crippen LogP contribution in [0.2, 0.25) is 0 Å². The molecule has 100 valence electrons. The summed E-state index contributed by atoms with van der Waals surface area (Å²) in [6.45, 7) is 8.23. The van der Waals surface area contributed by atoms with Gasteiger partial charge in [-0.2, -0.15) is 0 Å². The number of hydrogen-bond acceptors (Lipinski definition) is 4. The van der Waals surface area contributed by atoms with Crippen molar-refractivity contribution in [2.75, 3.05) is 6.61 Å². The van der Waals surface area contributed by atoms with Crippen LogP contribution in [-0.2, 0) is 19.1 Å². The fourth-order valence-corrected chi connectivity index (χ4v) is 1.32. The molecule has 0 aromatic rings. The maximum atomic E-state index is 11.4. The lowest BCUT2D eigenvalue weighted by molar-refractivity contribution is -0.158. The number of esters is 2. The van der Waals surface area contributed by atoms with Gasteiger partial charge in [0.25, 0.3) is 0 Å². The van der Waals surface area contributed by atoms with Crippen LogP contribution >= 0.6 is 0 Å². The normalized spacial score (nSPS) is 12.3. The molecular weight excluding hydrogens is 220 g/mol. The van der Waals surface area contributed by atoms with Gasteiger partial charge in [0.1, 0.15) is 12.5 Å². The summed E-state index contributed by atoms with van der Waals surface area (Å²) in [5, 5.41) is 0. The highest BCUT2D eigenvalue weighted by Crippen LogP contribution is 2.08. The van der Waals surface area contributed by atoms with Crippen LogP contribution in [0.5, 0.6) is 0 Å². The zero-order valence-electron chi connectivity index (χ0n) is 11.3. The second-order valence-electron chi connectivity index (χ2n) is 4.56. The van der Waals surface area contributed by atoms with Crippen molar-refractivity contribution in [2.45, 2.75) is 59.5 Å². The second kappa shape index (κ2) is 9.02. The molecule has 1 unspecified atom stereocenters. The maximum Gasteiger partial charge on any atom is 0.317 e. The highest BCUT2D eigenvalue weighted by Gasteiger charge is 2.16. The van der Waals surface area contributed by atoms with Crippen molar-refractivity contribution < 1.29 is 19.1 Å². The van der Waals surface area contributed by atoms with Crippen LogP contribution in [0.4, 0.5) is 0 Å². The topological polar surface area (TPSA) is 52.6 Å². The Balaban J connectivity index is 3.87. The van der Waals surface area contributed by atoms with Crippen LogP contribution in [0.1, 0.15) is 53.4 Å². The molecule has 4 heteroatoms. The van der Waals surface area contributed by atoms with Gasteiger partial charge >= 0.3 is 11.9 Å². The number of ether oxygens (including phenoxy) is 2. The molecule has 0 aliphatic heterocycles. The van der Waals surface area contributed by atoms with E-state index < -0.39 is 11.9 Å². The first kappa shape index (κ1) is 15.9. The van der Waals surface area contributed by atoms with Gasteiger partial charge in [0.15, 0.2) is 0 Å². The molecule has 0 N–H and O–H groups in total. The summed E-state index contributed by atoms with van der Waals surface area (Å²) in [5.41, 5.74) is 0. The predicted octanol–water partition coefficient (Wildman–Crippen LogP) is 2.70. The summed E-state index contributed by atoms with van der Waals surface area (Å²) in [5.74, 6) is -0.715. The molecule has 0 aromatic heterocycles. The Morgan fingerprint density at radius 2 is 1.76 bits per heavy atom. The van der Waals surface area contributed by atoms with E-state index in [1.54, 1.807) is 0 Å². The van der Waals surface area contributed by atoms with Gasteiger partial charge in [0, 0.05) is 0 Å². The Kier molecular flexibility index (Phi) is 8.46. The van der Waals surface area contributed by atoms with Crippen LogP contribution in [0.3, 0.4) is 0 Å². The molecule has 0 spiro atoms. The molecule has 0 saturated heterocycles. The Morgan fingerprint density at radius 1 is 1.12 bits per heavy atom. The molecule has 0 aliphatic carbocycles. The molecule has 0 saturated carbocycles. The summed E-state index contributed by atoms with van der Waals surface area (Å²) >= 11 is 0. The monoisotopic (exact) mass is 244 g/mol. The van der Waals surface area contributed by atoms with Crippen LogP contribution in [-0.4, -0.2) is 24.6 Å². The van der Waals surface area contributed by atoms with Crippen LogP contribution in [0.25, 0.3) is 0 Å². The molecule has 17 heavy (non-hydrogen) atoms. The Morgan fingerprint density at radius 3 is 2.24 bits per heavy atom. The first-order valence-corrected chi connectivity index (χ1v) is 6.34. The van der Waals surface area contributed by atoms with Gasteiger partial charge in [-0.1, -0.05) is 34.1 Å². The smallest absolute Gasteiger partial charge is 0.317 e. The SMILES string of the molecule is CCCC(CC)OC(=O)CC(=O)OCC(C)C. The maximum absolute atomic E-state index is 11.4. The summed E-state index contributed by atoms with van der Waals surface area (Å²) in [6, 6.07) is 0. The fourth-order valence-electron chi connectivity index (χ4n) is 1.32. The van der Waals surface area contributed by atoms with Crippen molar-refractivity contribution in [3.63, 3.8) is 0 Å². The predicted molar refractivity (Wildman–Crippen MR) is 65.5 cm³/mol. The lowest BCUT2D eigenvalue weighted by Gasteiger charge is -2.15. The minimum Gasteiger partial charge on any atom is -0.465 e. The molecule has 4 nitrogen and oxygen atoms in total. The van der Waals surface area contributed by atoms with E-state index in [-0.39, 0.29) is 18.4 Å². The quantitative estimate of drug-likeness (QED) is 0.486. The molecule has 0 rings (SSSR count). The number of hydrogen-bond donors (Lipinski definition) is 0. The average molecular weight is 244 g/mol. The van der Waals surface area contributed by atoms with E-state index >= 15 is 0 Å². The van der Waals surface area contributed by atoms with Crippen LogP contribution < -0.4 is 0 Å². The highest BCUT2D eigenvalue weighted by molar-refractivity contribution is 5.91. The number of rotatable bonds is 8. The molecule has 0 heterocycles. The van der Waals surface area contributed by atoms with Crippen LogP contribution in [0, 0.1) is 5.92 Å². The summed E-state index contributed by atoms with van der Waals surface area (Å²) < 4.78 is 10.1. The van der Waals surface area contributed by atoms with Gasteiger partial charge in [-0.25, -0.2) is 0 Å². The molecule has 0 amide bonds. The van der Waals surface area contributed by atoms with E-state index in [2.05, 4.69) is 0 Å². The van der Waals surface area contributed by atoms with Crippen LogP contribution in [0.15, 0.2) is 0 Å². The summed E-state index contributed by atoms with van der Waals surface area (Å²) in [6.07, 6.45) is 2.21. The standard InChI is InChI=1S/C13H24O4/c1-5-7-11(6-2)17-13(15)8-12(14)16-9-10(3)4/h10-11H,5-9H2,1-4H3. The van der Waals surface area contributed by atoms with E-state index in [4.69, 9.17) is 9.47 Å². The lowest BCUT2D eigenvalue weighted by Crippen LogP contribution is -2.21.